The van der Waals surface area contributed by atoms with Crippen LogP contribution in [0.25, 0.3) is 11.4 Å². The van der Waals surface area contributed by atoms with Crippen LogP contribution in [0.2, 0.25) is 0 Å². The number of carbonyl (C=O) groups is 1. The first-order valence-corrected chi connectivity index (χ1v) is 6.59. The SMILES string of the molecule is C=CC(=O)N1CCc2cnc(-c3ccccc3)nc2C1. The first-order valence-electron chi connectivity index (χ1n) is 6.59. The van der Waals surface area contributed by atoms with E-state index in [2.05, 4.69) is 16.5 Å². The van der Waals surface area contributed by atoms with Crippen molar-refractivity contribution in [3.8, 4) is 11.4 Å². The summed E-state index contributed by atoms with van der Waals surface area (Å²) in [6, 6.07) is 9.86. The topological polar surface area (TPSA) is 46.1 Å². The fraction of sp³-hybridized carbons (Fsp3) is 0.188. The van der Waals surface area contributed by atoms with Gasteiger partial charge in [0, 0.05) is 18.3 Å². The van der Waals surface area contributed by atoms with Gasteiger partial charge in [-0.2, -0.15) is 0 Å². The molecular weight excluding hydrogens is 250 g/mol. The monoisotopic (exact) mass is 265 g/mol. The Kier molecular flexibility index (Phi) is 3.29. The zero-order valence-corrected chi connectivity index (χ0v) is 11.1. The molecule has 0 bridgehead atoms. The molecule has 100 valence electrons. The standard InChI is InChI=1S/C16H15N3O/c1-2-15(20)19-9-8-13-10-17-16(18-14(13)11-19)12-6-4-3-5-7-12/h2-7,10H,1,8-9,11H2. The molecule has 1 aliphatic heterocycles. The molecule has 1 aromatic heterocycles. The van der Waals surface area contributed by atoms with Crippen molar-refractivity contribution in [3.63, 3.8) is 0 Å². The molecule has 0 radical (unpaired) electrons. The van der Waals surface area contributed by atoms with Crippen LogP contribution in [-0.4, -0.2) is 27.3 Å². The molecule has 0 saturated heterocycles. The number of nitrogens with zero attached hydrogens (tertiary/aromatic N) is 3. The van der Waals surface area contributed by atoms with E-state index in [9.17, 15) is 4.79 Å². The van der Waals surface area contributed by atoms with Gasteiger partial charge < -0.3 is 4.90 Å². The number of hydrogen-bond donors (Lipinski definition) is 0. The van der Waals surface area contributed by atoms with Gasteiger partial charge in [-0.15, -0.1) is 0 Å². The Balaban J connectivity index is 1.93. The van der Waals surface area contributed by atoms with Gasteiger partial charge in [-0.05, 0) is 18.1 Å². The highest BCUT2D eigenvalue weighted by Crippen LogP contribution is 2.20. The molecule has 20 heavy (non-hydrogen) atoms. The summed E-state index contributed by atoms with van der Waals surface area (Å²) in [5.74, 6) is 0.660. The maximum absolute atomic E-state index is 11.7. The quantitative estimate of drug-likeness (QED) is 0.782. The number of amides is 1. The van der Waals surface area contributed by atoms with Gasteiger partial charge >= 0.3 is 0 Å². The summed E-state index contributed by atoms with van der Waals surface area (Å²) in [6.45, 7) is 4.76. The predicted molar refractivity (Wildman–Crippen MR) is 76.8 cm³/mol. The van der Waals surface area contributed by atoms with Gasteiger partial charge in [0.1, 0.15) is 0 Å². The molecule has 3 rings (SSSR count). The number of fused-ring (bicyclic) bond motifs is 1. The Morgan fingerprint density at radius 2 is 2.10 bits per heavy atom. The Morgan fingerprint density at radius 3 is 2.85 bits per heavy atom. The third kappa shape index (κ3) is 2.32. The number of rotatable bonds is 2. The van der Waals surface area contributed by atoms with Crippen LogP contribution in [0.1, 0.15) is 11.3 Å². The first-order chi connectivity index (χ1) is 9.78. The molecule has 2 heterocycles. The summed E-state index contributed by atoms with van der Waals surface area (Å²) in [5.41, 5.74) is 3.04. The van der Waals surface area contributed by atoms with Crippen molar-refractivity contribution in [2.75, 3.05) is 6.54 Å². The zero-order valence-electron chi connectivity index (χ0n) is 11.1. The minimum Gasteiger partial charge on any atom is -0.333 e. The van der Waals surface area contributed by atoms with Crippen LogP contribution in [-0.2, 0) is 17.8 Å². The lowest BCUT2D eigenvalue weighted by Crippen LogP contribution is -2.35. The molecule has 0 aliphatic carbocycles. The zero-order chi connectivity index (χ0) is 13.9. The average molecular weight is 265 g/mol. The van der Waals surface area contributed by atoms with Crippen molar-refractivity contribution >= 4 is 5.91 Å². The van der Waals surface area contributed by atoms with Crippen LogP contribution in [0.15, 0.2) is 49.2 Å². The summed E-state index contributed by atoms with van der Waals surface area (Å²) in [7, 11) is 0. The highest BCUT2D eigenvalue weighted by atomic mass is 16.2. The average Bonchev–Trinajstić information content (AvgIpc) is 2.54. The lowest BCUT2D eigenvalue weighted by molar-refractivity contribution is -0.126. The van der Waals surface area contributed by atoms with E-state index in [0.29, 0.717) is 18.9 Å². The van der Waals surface area contributed by atoms with Crippen molar-refractivity contribution in [2.24, 2.45) is 0 Å². The number of benzene rings is 1. The summed E-state index contributed by atoms with van der Waals surface area (Å²) in [5, 5.41) is 0. The van der Waals surface area contributed by atoms with E-state index in [-0.39, 0.29) is 5.91 Å². The summed E-state index contributed by atoms with van der Waals surface area (Å²) >= 11 is 0. The van der Waals surface area contributed by atoms with E-state index >= 15 is 0 Å². The molecule has 0 N–H and O–H groups in total. The highest BCUT2D eigenvalue weighted by molar-refractivity contribution is 5.87. The van der Waals surface area contributed by atoms with Crippen LogP contribution in [0.4, 0.5) is 0 Å². The molecule has 0 spiro atoms. The second kappa shape index (κ2) is 5.25. The van der Waals surface area contributed by atoms with Crippen molar-refractivity contribution < 1.29 is 4.79 Å². The second-order valence-corrected chi connectivity index (χ2v) is 4.75. The molecular formula is C16H15N3O. The molecule has 0 saturated carbocycles. The molecule has 1 aromatic carbocycles. The highest BCUT2D eigenvalue weighted by Gasteiger charge is 2.20. The van der Waals surface area contributed by atoms with Gasteiger partial charge in [0.15, 0.2) is 5.82 Å². The molecule has 1 amide bonds. The van der Waals surface area contributed by atoms with Crippen LogP contribution in [0.5, 0.6) is 0 Å². The van der Waals surface area contributed by atoms with E-state index in [1.807, 2.05) is 36.5 Å². The Labute approximate surface area is 117 Å². The molecule has 0 atom stereocenters. The molecule has 0 unspecified atom stereocenters. The van der Waals surface area contributed by atoms with Crippen LogP contribution in [0, 0.1) is 0 Å². The molecule has 0 fully saturated rings. The van der Waals surface area contributed by atoms with E-state index in [1.165, 1.54) is 6.08 Å². The third-order valence-corrected chi connectivity index (χ3v) is 3.46. The Morgan fingerprint density at radius 1 is 1.30 bits per heavy atom. The van der Waals surface area contributed by atoms with Crippen LogP contribution < -0.4 is 0 Å². The van der Waals surface area contributed by atoms with E-state index in [0.717, 1.165) is 23.2 Å². The fourth-order valence-corrected chi connectivity index (χ4v) is 2.35. The van der Waals surface area contributed by atoms with E-state index < -0.39 is 0 Å². The summed E-state index contributed by atoms with van der Waals surface area (Å²) < 4.78 is 0. The maximum Gasteiger partial charge on any atom is 0.246 e. The van der Waals surface area contributed by atoms with Crippen molar-refractivity contribution in [3.05, 3.63) is 60.4 Å². The summed E-state index contributed by atoms with van der Waals surface area (Å²) in [6.07, 6.45) is 4.02. The normalized spacial score (nSPS) is 13.7. The minimum absolute atomic E-state index is 0.0458. The van der Waals surface area contributed by atoms with Crippen LogP contribution in [0.3, 0.4) is 0 Å². The smallest absolute Gasteiger partial charge is 0.246 e. The van der Waals surface area contributed by atoms with Gasteiger partial charge in [-0.25, -0.2) is 9.97 Å². The van der Waals surface area contributed by atoms with E-state index in [4.69, 9.17) is 0 Å². The van der Waals surface area contributed by atoms with Gasteiger partial charge in [0.05, 0.1) is 12.2 Å². The second-order valence-electron chi connectivity index (χ2n) is 4.75. The first kappa shape index (κ1) is 12.5. The predicted octanol–water partition coefficient (Wildman–Crippen LogP) is 2.21. The lowest BCUT2D eigenvalue weighted by atomic mass is 10.1. The molecule has 2 aromatic rings. The van der Waals surface area contributed by atoms with Crippen molar-refractivity contribution in [2.45, 2.75) is 13.0 Å². The minimum atomic E-state index is -0.0458. The maximum atomic E-state index is 11.7. The molecule has 4 nitrogen and oxygen atoms in total. The summed E-state index contributed by atoms with van der Waals surface area (Å²) in [4.78, 5) is 22.5. The largest absolute Gasteiger partial charge is 0.333 e. The van der Waals surface area contributed by atoms with Gasteiger partial charge in [-0.1, -0.05) is 36.9 Å². The third-order valence-electron chi connectivity index (χ3n) is 3.46. The fourth-order valence-electron chi connectivity index (χ4n) is 2.35. The van der Waals surface area contributed by atoms with Gasteiger partial charge in [0.25, 0.3) is 0 Å². The van der Waals surface area contributed by atoms with E-state index in [1.54, 1.807) is 4.90 Å². The molecule has 4 heteroatoms. The molecule has 1 aliphatic rings. The Hall–Kier alpha value is -2.49. The number of carbonyl (C=O) groups excluding carboxylic acids is 1. The van der Waals surface area contributed by atoms with Gasteiger partial charge in [0.2, 0.25) is 5.91 Å². The van der Waals surface area contributed by atoms with Crippen molar-refractivity contribution in [1.29, 1.82) is 0 Å². The lowest BCUT2D eigenvalue weighted by Gasteiger charge is -2.27. The van der Waals surface area contributed by atoms with Gasteiger partial charge in [-0.3, -0.25) is 4.79 Å². The Bertz CT molecular complexity index is 652. The van der Waals surface area contributed by atoms with Crippen LogP contribution >= 0.6 is 0 Å². The van der Waals surface area contributed by atoms with Crippen molar-refractivity contribution in [1.82, 2.24) is 14.9 Å². The number of hydrogen-bond acceptors (Lipinski definition) is 3. The number of aromatic nitrogens is 2.